The van der Waals surface area contributed by atoms with E-state index in [1.165, 1.54) is 77.0 Å². The van der Waals surface area contributed by atoms with Crippen molar-refractivity contribution in [3.05, 3.63) is 24.8 Å². The molecule has 0 unspecified atom stereocenters. The van der Waals surface area contributed by atoms with E-state index in [1.807, 2.05) is 0 Å². The molecule has 0 fully saturated rings. The van der Waals surface area contributed by atoms with Crippen LogP contribution in [-0.2, 0) is 0 Å². The Morgan fingerprint density at radius 2 is 1.11 bits per heavy atom. The third-order valence-electron chi connectivity index (χ3n) is 3.38. The molecule has 0 aliphatic rings. The van der Waals surface area contributed by atoms with Gasteiger partial charge in [-0.2, -0.15) is 0 Å². The molecule has 1 radical (unpaired) electrons. The normalized spacial score (nSPS) is 11.2. The van der Waals surface area contributed by atoms with Crippen molar-refractivity contribution < 1.29 is 0 Å². The molecule has 0 aromatic rings. The van der Waals surface area contributed by atoms with E-state index in [4.69, 9.17) is 6.58 Å². The summed E-state index contributed by atoms with van der Waals surface area (Å²) in [5, 5.41) is 0. The van der Waals surface area contributed by atoms with Crippen LogP contribution >= 0.6 is 0 Å². The molecule has 0 aromatic heterocycles. The molecule has 0 bridgehead atoms. The second-order valence-electron chi connectivity index (χ2n) is 5.26. The Labute approximate surface area is 116 Å². The van der Waals surface area contributed by atoms with E-state index in [-0.39, 0.29) is 0 Å². The highest BCUT2D eigenvalue weighted by Gasteiger charge is 1.91. The Morgan fingerprint density at radius 1 is 0.611 bits per heavy atom. The summed E-state index contributed by atoms with van der Waals surface area (Å²) in [5.74, 6) is 0. The standard InChI is InChI=1S/C18H33/c1-3-5-7-9-11-13-15-17-18-16-14-12-10-8-6-4-2/h1,3,11,13H,4-10,12,14-18H2,2H3. The zero-order valence-corrected chi connectivity index (χ0v) is 12.5. The predicted octanol–water partition coefficient (Wildman–Crippen LogP) is 6.62. The van der Waals surface area contributed by atoms with E-state index in [0.717, 1.165) is 6.42 Å². The first-order valence-corrected chi connectivity index (χ1v) is 8.10. The molecule has 105 valence electrons. The average Bonchev–Trinajstić information content (AvgIpc) is 2.39. The van der Waals surface area contributed by atoms with Crippen LogP contribution in [0.1, 0.15) is 90.4 Å². The number of hydrogen-bond donors (Lipinski definition) is 0. The molecule has 0 saturated heterocycles. The van der Waals surface area contributed by atoms with E-state index in [9.17, 15) is 0 Å². The largest absolute Gasteiger partial charge is 0.0885 e. The van der Waals surface area contributed by atoms with Crippen molar-refractivity contribution >= 4 is 0 Å². The van der Waals surface area contributed by atoms with Crippen LogP contribution in [0.15, 0.2) is 18.2 Å². The Kier molecular flexibility index (Phi) is 16.0. The molecule has 0 aromatic carbocycles. The minimum absolute atomic E-state index is 1.04. The molecule has 0 nitrogen and oxygen atoms in total. The van der Waals surface area contributed by atoms with Crippen LogP contribution in [0.25, 0.3) is 0 Å². The van der Waals surface area contributed by atoms with Crippen LogP contribution in [0.5, 0.6) is 0 Å². The van der Waals surface area contributed by atoms with Crippen molar-refractivity contribution in [1.82, 2.24) is 0 Å². The summed E-state index contributed by atoms with van der Waals surface area (Å²) in [6.07, 6.45) is 23.9. The summed E-state index contributed by atoms with van der Waals surface area (Å²) in [6, 6.07) is 0. The van der Waals surface area contributed by atoms with Crippen LogP contribution < -0.4 is 0 Å². The molecular weight excluding hydrogens is 216 g/mol. The molecule has 0 rings (SSSR count). The number of allylic oxidation sites excluding steroid dienone is 3. The van der Waals surface area contributed by atoms with E-state index in [0.29, 0.717) is 0 Å². The van der Waals surface area contributed by atoms with Crippen molar-refractivity contribution in [3.63, 3.8) is 0 Å². The van der Waals surface area contributed by atoms with Crippen molar-refractivity contribution in [2.75, 3.05) is 0 Å². The number of unbranched alkanes of at least 4 members (excludes halogenated alkanes) is 11. The first-order chi connectivity index (χ1) is 8.91. The minimum atomic E-state index is 1.04. The second-order valence-corrected chi connectivity index (χ2v) is 5.26. The average molecular weight is 249 g/mol. The van der Waals surface area contributed by atoms with Crippen LogP contribution in [-0.4, -0.2) is 0 Å². The van der Waals surface area contributed by atoms with Gasteiger partial charge in [0.15, 0.2) is 0 Å². The fourth-order valence-corrected chi connectivity index (χ4v) is 2.16. The van der Waals surface area contributed by atoms with Gasteiger partial charge in [-0.05, 0) is 32.1 Å². The van der Waals surface area contributed by atoms with E-state index >= 15 is 0 Å². The molecule has 0 spiro atoms. The fourth-order valence-electron chi connectivity index (χ4n) is 2.16. The summed E-state index contributed by atoms with van der Waals surface area (Å²) >= 11 is 0. The molecule has 0 aliphatic carbocycles. The van der Waals surface area contributed by atoms with Crippen LogP contribution in [0.3, 0.4) is 0 Å². The molecule has 0 aliphatic heterocycles. The minimum Gasteiger partial charge on any atom is -0.0885 e. The lowest BCUT2D eigenvalue weighted by Gasteiger charge is -2.00. The van der Waals surface area contributed by atoms with Gasteiger partial charge in [0.25, 0.3) is 0 Å². The topological polar surface area (TPSA) is 0 Å². The zero-order valence-electron chi connectivity index (χ0n) is 12.5. The molecule has 0 heteroatoms. The maximum absolute atomic E-state index is 5.33. The summed E-state index contributed by atoms with van der Waals surface area (Å²) in [6.45, 7) is 7.61. The first-order valence-electron chi connectivity index (χ1n) is 8.10. The van der Waals surface area contributed by atoms with Crippen molar-refractivity contribution in [2.24, 2.45) is 0 Å². The predicted molar refractivity (Wildman–Crippen MR) is 83.7 cm³/mol. The lowest BCUT2D eigenvalue weighted by Crippen LogP contribution is -1.80. The quantitative estimate of drug-likeness (QED) is 0.239. The molecular formula is C18H33. The van der Waals surface area contributed by atoms with Crippen LogP contribution in [0, 0.1) is 6.58 Å². The second kappa shape index (κ2) is 16.5. The summed E-state index contributed by atoms with van der Waals surface area (Å²) in [4.78, 5) is 0. The highest BCUT2D eigenvalue weighted by Crippen LogP contribution is 2.10. The Balaban J connectivity index is 3.00. The zero-order chi connectivity index (χ0) is 13.3. The summed E-state index contributed by atoms with van der Waals surface area (Å²) in [7, 11) is 0. The van der Waals surface area contributed by atoms with Gasteiger partial charge >= 0.3 is 0 Å². The van der Waals surface area contributed by atoms with Gasteiger partial charge in [-0.3, -0.25) is 0 Å². The molecule has 0 amide bonds. The Bertz CT molecular complexity index is 178. The smallest absolute Gasteiger partial charge is 0.0345 e. The van der Waals surface area contributed by atoms with Gasteiger partial charge in [0.05, 0.1) is 0 Å². The van der Waals surface area contributed by atoms with Gasteiger partial charge in [-0.1, -0.05) is 83.1 Å². The maximum Gasteiger partial charge on any atom is -0.0345 e. The summed E-state index contributed by atoms with van der Waals surface area (Å²) in [5.41, 5.74) is 0. The monoisotopic (exact) mass is 249 g/mol. The lowest BCUT2D eigenvalue weighted by molar-refractivity contribution is 0.566. The van der Waals surface area contributed by atoms with Gasteiger partial charge in [-0.15, -0.1) is 0 Å². The lowest BCUT2D eigenvalue weighted by atomic mass is 10.1. The maximum atomic E-state index is 5.33. The van der Waals surface area contributed by atoms with Gasteiger partial charge < -0.3 is 0 Å². The molecule has 0 heterocycles. The molecule has 18 heavy (non-hydrogen) atoms. The van der Waals surface area contributed by atoms with Gasteiger partial charge in [0.2, 0.25) is 0 Å². The number of hydrogen-bond acceptors (Lipinski definition) is 0. The highest BCUT2D eigenvalue weighted by atomic mass is 14.0. The molecule has 0 N–H and O–H groups in total. The Morgan fingerprint density at radius 3 is 1.67 bits per heavy atom. The SMILES string of the molecule is [CH]=CCCCC=CCCCCCCCCCCC. The Hall–Kier alpha value is -0.520. The van der Waals surface area contributed by atoms with Gasteiger partial charge in [0, 0.05) is 0 Å². The van der Waals surface area contributed by atoms with E-state index in [1.54, 1.807) is 6.08 Å². The van der Waals surface area contributed by atoms with Gasteiger partial charge in [-0.25, -0.2) is 0 Å². The van der Waals surface area contributed by atoms with Gasteiger partial charge in [0.1, 0.15) is 0 Å². The van der Waals surface area contributed by atoms with Crippen LogP contribution in [0.4, 0.5) is 0 Å². The van der Waals surface area contributed by atoms with Crippen molar-refractivity contribution in [2.45, 2.75) is 90.4 Å². The fraction of sp³-hybridized carbons (Fsp3) is 0.778. The van der Waals surface area contributed by atoms with E-state index in [2.05, 4.69) is 19.1 Å². The summed E-state index contributed by atoms with van der Waals surface area (Å²) < 4.78 is 0. The number of rotatable bonds is 14. The van der Waals surface area contributed by atoms with Crippen molar-refractivity contribution in [1.29, 1.82) is 0 Å². The third-order valence-corrected chi connectivity index (χ3v) is 3.38. The highest BCUT2D eigenvalue weighted by molar-refractivity contribution is 4.82. The van der Waals surface area contributed by atoms with Crippen molar-refractivity contribution in [3.8, 4) is 0 Å². The molecule has 0 saturated carbocycles. The molecule has 0 atom stereocenters. The third kappa shape index (κ3) is 15.5. The first kappa shape index (κ1) is 17.5. The van der Waals surface area contributed by atoms with E-state index < -0.39 is 0 Å². The van der Waals surface area contributed by atoms with Crippen LogP contribution in [0.2, 0.25) is 0 Å².